The second-order valence-corrected chi connectivity index (χ2v) is 5.55. The van der Waals surface area contributed by atoms with Gasteiger partial charge in [-0.05, 0) is 55.5 Å². The first-order valence-electron chi connectivity index (χ1n) is 8.43. The van der Waals surface area contributed by atoms with Gasteiger partial charge in [-0.1, -0.05) is 12.1 Å². The summed E-state index contributed by atoms with van der Waals surface area (Å²) in [5, 5.41) is 2.79. The number of esters is 1. The number of anilines is 1. The Kier molecular flexibility index (Phi) is 5.79. The Labute approximate surface area is 156 Å². The second-order valence-electron chi connectivity index (χ2n) is 5.55. The van der Waals surface area contributed by atoms with Crippen LogP contribution < -0.4 is 10.1 Å². The van der Waals surface area contributed by atoms with Crippen LogP contribution in [0.15, 0.2) is 72.9 Å². The number of carbonyl (C=O) groups is 2. The Bertz CT molecular complexity index is 924. The van der Waals surface area contributed by atoms with Crippen LogP contribution in [0.3, 0.4) is 0 Å². The van der Waals surface area contributed by atoms with E-state index >= 15 is 0 Å². The minimum atomic E-state index is -0.394. The third-order valence-electron chi connectivity index (χ3n) is 3.61. The average Bonchev–Trinajstić information content (AvgIpc) is 2.70. The molecule has 27 heavy (non-hydrogen) atoms. The third kappa shape index (κ3) is 4.92. The molecular formula is C21H18N2O4. The van der Waals surface area contributed by atoms with Crippen LogP contribution in [0.4, 0.5) is 5.69 Å². The van der Waals surface area contributed by atoms with Crippen molar-refractivity contribution in [2.24, 2.45) is 0 Å². The van der Waals surface area contributed by atoms with Gasteiger partial charge in [0.25, 0.3) is 5.91 Å². The van der Waals surface area contributed by atoms with E-state index in [0.29, 0.717) is 35.1 Å². The van der Waals surface area contributed by atoms with Crippen molar-refractivity contribution in [1.82, 2.24) is 4.98 Å². The number of carbonyl (C=O) groups excluding carboxylic acids is 2. The summed E-state index contributed by atoms with van der Waals surface area (Å²) in [5.41, 5.74) is 1.45. The maximum absolute atomic E-state index is 12.5. The Morgan fingerprint density at radius 2 is 1.78 bits per heavy atom. The van der Waals surface area contributed by atoms with Gasteiger partial charge in [0.1, 0.15) is 5.75 Å². The molecule has 6 nitrogen and oxygen atoms in total. The van der Waals surface area contributed by atoms with Crippen molar-refractivity contribution in [2.45, 2.75) is 6.92 Å². The molecule has 0 atom stereocenters. The van der Waals surface area contributed by atoms with Gasteiger partial charge in [0.2, 0.25) is 5.88 Å². The minimum Gasteiger partial charge on any atom is -0.462 e. The number of rotatable bonds is 6. The minimum absolute atomic E-state index is 0.287. The van der Waals surface area contributed by atoms with E-state index in [1.165, 1.54) is 0 Å². The zero-order valence-corrected chi connectivity index (χ0v) is 14.7. The molecule has 1 amide bonds. The van der Waals surface area contributed by atoms with E-state index in [9.17, 15) is 9.59 Å². The predicted molar refractivity (Wildman–Crippen MR) is 101 cm³/mol. The van der Waals surface area contributed by atoms with Crippen molar-refractivity contribution in [3.63, 3.8) is 0 Å². The fourth-order valence-electron chi connectivity index (χ4n) is 2.34. The number of aromatic nitrogens is 1. The molecule has 0 aliphatic heterocycles. The summed E-state index contributed by atoms with van der Waals surface area (Å²) in [4.78, 5) is 28.2. The molecule has 0 spiro atoms. The van der Waals surface area contributed by atoms with Gasteiger partial charge in [-0.3, -0.25) is 4.79 Å². The first-order chi connectivity index (χ1) is 13.2. The maximum atomic E-state index is 12.5. The number of nitrogens with one attached hydrogen (secondary N) is 1. The van der Waals surface area contributed by atoms with Crippen molar-refractivity contribution in [3.8, 4) is 11.6 Å². The molecular weight excluding hydrogens is 344 g/mol. The molecule has 2 aromatic carbocycles. The van der Waals surface area contributed by atoms with Crippen LogP contribution in [0.5, 0.6) is 11.6 Å². The Balaban J connectivity index is 1.67. The molecule has 6 heteroatoms. The lowest BCUT2D eigenvalue weighted by atomic mass is 10.1. The van der Waals surface area contributed by atoms with Crippen LogP contribution in [0.25, 0.3) is 0 Å². The molecule has 1 N–H and O–H groups in total. The van der Waals surface area contributed by atoms with Crippen molar-refractivity contribution >= 4 is 17.6 Å². The Hall–Kier alpha value is -3.67. The maximum Gasteiger partial charge on any atom is 0.338 e. The van der Waals surface area contributed by atoms with Crippen molar-refractivity contribution in [3.05, 3.63) is 84.1 Å². The van der Waals surface area contributed by atoms with Crippen LogP contribution in [-0.2, 0) is 4.74 Å². The van der Waals surface area contributed by atoms with Gasteiger partial charge >= 0.3 is 5.97 Å². The lowest BCUT2D eigenvalue weighted by Gasteiger charge is -2.08. The molecule has 1 aromatic heterocycles. The molecule has 3 aromatic rings. The van der Waals surface area contributed by atoms with Gasteiger partial charge in [-0.2, -0.15) is 0 Å². The van der Waals surface area contributed by atoms with E-state index in [2.05, 4.69) is 10.3 Å². The molecule has 3 rings (SSSR count). The first-order valence-corrected chi connectivity index (χ1v) is 8.43. The van der Waals surface area contributed by atoms with E-state index < -0.39 is 5.97 Å². The van der Waals surface area contributed by atoms with Crippen molar-refractivity contribution in [2.75, 3.05) is 11.9 Å². The van der Waals surface area contributed by atoms with E-state index in [-0.39, 0.29) is 5.91 Å². The number of hydrogen-bond acceptors (Lipinski definition) is 5. The molecule has 0 fully saturated rings. The molecule has 1 heterocycles. The van der Waals surface area contributed by atoms with Crippen LogP contribution in [0, 0.1) is 0 Å². The molecule has 0 saturated heterocycles. The summed E-state index contributed by atoms with van der Waals surface area (Å²) in [7, 11) is 0. The predicted octanol–water partition coefficient (Wildman–Crippen LogP) is 4.30. The van der Waals surface area contributed by atoms with Gasteiger partial charge < -0.3 is 14.8 Å². The zero-order valence-electron chi connectivity index (χ0n) is 14.7. The number of benzene rings is 2. The van der Waals surface area contributed by atoms with Crippen LogP contribution >= 0.6 is 0 Å². The topological polar surface area (TPSA) is 77.5 Å². The van der Waals surface area contributed by atoms with E-state index in [1.807, 2.05) is 6.07 Å². The normalized spacial score (nSPS) is 10.1. The molecule has 0 aliphatic rings. The standard InChI is InChI=1S/C21H18N2O4/c1-2-26-21(25)15-9-11-17(12-10-15)23-20(24)16-6-5-7-18(14-16)27-19-8-3-4-13-22-19/h3-14H,2H2,1H3,(H,23,24). The fourth-order valence-corrected chi connectivity index (χ4v) is 2.34. The third-order valence-corrected chi connectivity index (χ3v) is 3.61. The van der Waals surface area contributed by atoms with Gasteiger partial charge in [0, 0.05) is 23.5 Å². The monoisotopic (exact) mass is 362 g/mol. The largest absolute Gasteiger partial charge is 0.462 e. The SMILES string of the molecule is CCOC(=O)c1ccc(NC(=O)c2cccc(Oc3ccccn3)c2)cc1. The van der Waals surface area contributed by atoms with Crippen LogP contribution in [0.2, 0.25) is 0 Å². The second kappa shape index (κ2) is 8.62. The lowest BCUT2D eigenvalue weighted by molar-refractivity contribution is 0.0526. The fraction of sp³-hybridized carbons (Fsp3) is 0.0952. The zero-order chi connectivity index (χ0) is 19.1. The highest BCUT2D eigenvalue weighted by Gasteiger charge is 2.10. The molecule has 0 saturated carbocycles. The lowest BCUT2D eigenvalue weighted by Crippen LogP contribution is -2.12. The summed E-state index contributed by atoms with van der Waals surface area (Å²) in [6.07, 6.45) is 1.63. The summed E-state index contributed by atoms with van der Waals surface area (Å²) in [5.74, 6) is 0.281. The molecule has 0 radical (unpaired) electrons. The van der Waals surface area contributed by atoms with Crippen LogP contribution in [0.1, 0.15) is 27.6 Å². The van der Waals surface area contributed by atoms with E-state index in [1.54, 1.807) is 73.8 Å². The molecule has 0 aliphatic carbocycles. The van der Waals surface area contributed by atoms with Crippen molar-refractivity contribution in [1.29, 1.82) is 0 Å². The van der Waals surface area contributed by atoms with Crippen LogP contribution in [-0.4, -0.2) is 23.5 Å². The van der Waals surface area contributed by atoms with Gasteiger partial charge in [0.05, 0.1) is 12.2 Å². The molecule has 0 unspecified atom stereocenters. The highest BCUT2D eigenvalue weighted by molar-refractivity contribution is 6.04. The quantitative estimate of drug-likeness (QED) is 0.662. The number of ether oxygens (including phenoxy) is 2. The molecule has 0 bridgehead atoms. The van der Waals surface area contributed by atoms with Crippen molar-refractivity contribution < 1.29 is 19.1 Å². The summed E-state index contributed by atoms with van der Waals surface area (Å²) in [6, 6.07) is 18.7. The number of pyridine rings is 1. The molecule has 136 valence electrons. The summed E-state index contributed by atoms with van der Waals surface area (Å²) in [6.45, 7) is 2.06. The summed E-state index contributed by atoms with van der Waals surface area (Å²) >= 11 is 0. The average molecular weight is 362 g/mol. The number of amides is 1. The summed E-state index contributed by atoms with van der Waals surface area (Å²) < 4.78 is 10.6. The highest BCUT2D eigenvalue weighted by atomic mass is 16.5. The Morgan fingerprint density at radius 3 is 2.48 bits per heavy atom. The van der Waals surface area contributed by atoms with Gasteiger partial charge in [-0.15, -0.1) is 0 Å². The van der Waals surface area contributed by atoms with Gasteiger partial charge in [-0.25, -0.2) is 9.78 Å². The highest BCUT2D eigenvalue weighted by Crippen LogP contribution is 2.21. The number of hydrogen-bond donors (Lipinski definition) is 1. The number of nitrogens with zero attached hydrogens (tertiary/aromatic N) is 1. The Morgan fingerprint density at radius 1 is 0.963 bits per heavy atom. The van der Waals surface area contributed by atoms with E-state index in [0.717, 1.165) is 0 Å². The smallest absolute Gasteiger partial charge is 0.338 e. The first kappa shape index (κ1) is 18.1. The van der Waals surface area contributed by atoms with E-state index in [4.69, 9.17) is 9.47 Å². The van der Waals surface area contributed by atoms with Gasteiger partial charge in [0.15, 0.2) is 0 Å².